The van der Waals surface area contributed by atoms with E-state index in [-0.39, 0.29) is 11.4 Å². The smallest absolute Gasteiger partial charge is 0.292 e. The Morgan fingerprint density at radius 3 is 2.95 bits per heavy atom. The van der Waals surface area contributed by atoms with Gasteiger partial charge in [0, 0.05) is 18.7 Å². The van der Waals surface area contributed by atoms with Crippen molar-refractivity contribution >= 4 is 11.4 Å². The molecule has 1 aliphatic rings. The molecule has 1 fully saturated rings. The van der Waals surface area contributed by atoms with Crippen LogP contribution in [0, 0.1) is 10.1 Å². The summed E-state index contributed by atoms with van der Waals surface area (Å²) in [6, 6.07) is 5.67. The molecule has 0 aromatic heterocycles. The molecule has 5 nitrogen and oxygen atoms in total. The topological polar surface area (TPSA) is 72.4 Å². The van der Waals surface area contributed by atoms with Gasteiger partial charge in [0.1, 0.15) is 5.69 Å². The van der Waals surface area contributed by atoms with Gasteiger partial charge in [-0.05, 0) is 37.9 Å². The number of nitro benzene ring substituents is 1. The summed E-state index contributed by atoms with van der Waals surface area (Å²) in [6.07, 6.45) is 4.97. The zero-order valence-corrected chi connectivity index (χ0v) is 11.3. The number of hydrogen-bond donors (Lipinski definition) is 1. The summed E-state index contributed by atoms with van der Waals surface area (Å²) in [5.41, 5.74) is 6.84. The maximum absolute atomic E-state index is 10.9. The second kappa shape index (κ2) is 6.02. The van der Waals surface area contributed by atoms with Gasteiger partial charge in [0.2, 0.25) is 0 Å². The van der Waals surface area contributed by atoms with Crippen LogP contribution in [0.5, 0.6) is 0 Å². The van der Waals surface area contributed by atoms with Crippen LogP contribution >= 0.6 is 0 Å². The molecule has 1 aromatic carbocycles. The van der Waals surface area contributed by atoms with Crippen LogP contribution in [-0.4, -0.2) is 22.4 Å². The van der Waals surface area contributed by atoms with E-state index >= 15 is 0 Å². The van der Waals surface area contributed by atoms with Crippen LogP contribution in [0.25, 0.3) is 0 Å². The van der Waals surface area contributed by atoms with E-state index in [9.17, 15) is 10.1 Å². The predicted octanol–water partition coefficient (Wildman–Crippen LogP) is 2.94. The lowest BCUT2D eigenvalue weighted by Gasteiger charge is -2.26. The summed E-state index contributed by atoms with van der Waals surface area (Å²) in [5, 5.41) is 10.9. The molecule has 0 aliphatic carbocycles. The Morgan fingerprint density at radius 1 is 1.42 bits per heavy atom. The molecular formula is C14H21N3O2. The third-order valence-corrected chi connectivity index (χ3v) is 3.87. The molecule has 1 aliphatic heterocycles. The minimum absolute atomic E-state index is 0.0139. The second-order valence-corrected chi connectivity index (χ2v) is 5.32. The number of benzene rings is 1. The zero-order chi connectivity index (χ0) is 13.8. The first-order valence-electron chi connectivity index (χ1n) is 6.85. The molecule has 0 saturated carbocycles. The van der Waals surface area contributed by atoms with Gasteiger partial charge in [-0.2, -0.15) is 0 Å². The van der Waals surface area contributed by atoms with E-state index in [4.69, 9.17) is 5.73 Å². The third-order valence-electron chi connectivity index (χ3n) is 3.87. The van der Waals surface area contributed by atoms with Crippen LogP contribution < -0.4 is 5.73 Å². The van der Waals surface area contributed by atoms with Crippen LogP contribution in [0.1, 0.15) is 38.2 Å². The number of nitrogen functional groups attached to an aromatic ring is 1. The van der Waals surface area contributed by atoms with Gasteiger partial charge in [-0.15, -0.1) is 0 Å². The summed E-state index contributed by atoms with van der Waals surface area (Å²) < 4.78 is 0. The van der Waals surface area contributed by atoms with Crippen molar-refractivity contribution in [2.24, 2.45) is 0 Å². The highest BCUT2D eigenvalue weighted by Gasteiger charge is 2.18. The van der Waals surface area contributed by atoms with E-state index in [1.807, 2.05) is 6.07 Å². The van der Waals surface area contributed by atoms with Crippen molar-refractivity contribution in [3.63, 3.8) is 0 Å². The van der Waals surface area contributed by atoms with Gasteiger partial charge in [0.05, 0.1) is 4.92 Å². The molecule has 1 atom stereocenters. The van der Waals surface area contributed by atoms with Crippen molar-refractivity contribution in [1.29, 1.82) is 0 Å². The molecule has 5 heteroatoms. The number of hydrogen-bond acceptors (Lipinski definition) is 4. The van der Waals surface area contributed by atoms with E-state index in [0.717, 1.165) is 18.7 Å². The lowest BCUT2D eigenvalue weighted by Crippen LogP contribution is -2.31. The predicted molar refractivity (Wildman–Crippen MR) is 75.8 cm³/mol. The van der Waals surface area contributed by atoms with Crippen molar-refractivity contribution in [3.05, 3.63) is 33.9 Å². The Morgan fingerprint density at radius 2 is 2.21 bits per heavy atom. The van der Waals surface area contributed by atoms with E-state index in [1.54, 1.807) is 12.1 Å². The first-order chi connectivity index (χ1) is 9.08. The fourth-order valence-corrected chi connectivity index (χ4v) is 2.65. The third kappa shape index (κ3) is 3.44. The fraction of sp³-hybridized carbons (Fsp3) is 0.571. The van der Waals surface area contributed by atoms with Gasteiger partial charge in [0.25, 0.3) is 5.69 Å². The Balaban J connectivity index is 2.13. The van der Waals surface area contributed by atoms with Crippen LogP contribution in [0.15, 0.2) is 18.2 Å². The summed E-state index contributed by atoms with van der Waals surface area (Å²) in [6.45, 7) is 4.07. The Labute approximate surface area is 113 Å². The van der Waals surface area contributed by atoms with Crippen molar-refractivity contribution < 1.29 is 4.92 Å². The van der Waals surface area contributed by atoms with Crippen molar-refractivity contribution in [2.45, 2.75) is 45.2 Å². The Kier molecular flexibility index (Phi) is 4.37. The Hall–Kier alpha value is -1.62. The highest BCUT2D eigenvalue weighted by atomic mass is 16.6. The summed E-state index contributed by atoms with van der Waals surface area (Å²) in [5.74, 6) is 0. The number of likely N-dealkylation sites (tertiary alicyclic amines) is 1. The van der Waals surface area contributed by atoms with Gasteiger partial charge in [-0.25, -0.2) is 0 Å². The summed E-state index contributed by atoms with van der Waals surface area (Å²) in [7, 11) is 0. The molecule has 1 heterocycles. The highest BCUT2D eigenvalue weighted by Crippen LogP contribution is 2.25. The molecule has 0 spiro atoms. The highest BCUT2D eigenvalue weighted by molar-refractivity contribution is 5.59. The number of nitrogens with two attached hydrogens (primary N) is 1. The molecule has 1 saturated heterocycles. The molecule has 2 N–H and O–H groups in total. The molecule has 1 unspecified atom stereocenters. The fourth-order valence-electron chi connectivity index (χ4n) is 2.65. The number of anilines is 1. The maximum atomic E-state index is 10.9. The molecule has 19 heavy (non-hydrogen) atoms. The lowest BCUT2D eigenvalue weighted by molar-refractivity contribution is -0.384. The van der Waals surface area contributed by atoms with Gasteiger partial charge in [-0.3, -0.25) is 15.0 Å². The van der Waals surface area contributed by atoms with Crippen LogP contribution in [-0.2, 0) is 6.54 Å². The molecule has 2 rings (SSSR count). The van der Waals surface area contributed by atoms with Crippen LogP contribution in [0.4, 0.5) is 11.4 Å². The number of nitrogens with zero attached hydrogens (tertiary/aromatic N) is 2. The first kappa shape index (κ1) is 13.8. The normalized spacial score (nSPS) is 21.0. The van der Waals surface area contributed by atoms with Crippen molar-refractivity contribution in [1.82, 2.24) is 4.90 Å². The number of nitro groups is 1. The molecule has 0 bridgehead atoms. The monoisotopic (exact) mass is 263 g/mol. The average molecular weight is 263 g/mol. The van der Waals surface area contributed by atoms with E-state index in [0.29, 0.717) is 6.04 Å². The molecule has 0 radical (unpaired) electrons. The van der Waals surface area contributed by atoms with Gasteiger partial charge in [-0.1, -0.05) is 18.9 Å². The van der Waals surface area contributed by atoms with Gasteiger partial charge in [0.15, 0.2) is 0 Å². The maximum Gasteiger partial charge on any atom is 0.292 e. The SMILES string of the molecule is CC1CCCCCN1Cc1ccc(N)c([N+](=O)[O-])c1. The molecular weight excluding hydrogens is 242 g/mol. The largest absolute Gasteiger partial charge is 0.393 e. The van der Waals surface area contributed by atoms with Crippen molar-refractivity contribution in [2.75, 3.05) is 12.3 Å². The lowest BCUT2D eigenvalue weighted by atomic mass is 10.1. The van der Waals surface area contributed by atoms with Crippen LogP contribution in [0.2, 0.25) is 0 Å². The Bertz CT molecular complexity index is 462. The summed E-state index contributed by atoms with van der Waals surface area (Å²) in [4.78, 5) is 12.9. The van der Waals surface area contributed by atoms with E-state index < -0.39 is 4.92 Å². The standard InChI is InChI=1S/C14H21N3O2/c1-11-5-3-2-4-8-16(11)10-12-6-7-13(15)14(9-12)17(18)19/h6-7,9,11H,2-5,8,10,15H2,1H3. The first-order valence-corrected chi connectivity index (χ1v) is 6.85. The van der Waals surface area contributed by atoms with E-state index in [1.165, 1.54) is 25.7 Å². The second-order valence-electron chi connectivity index (χ2n) is 5.32. The van der Waals surface area contributed by atoms with E-state index in [2.05, 4.69) is 11.8 Å². The minimum Gasteiger partial charge on any atom is -0.393 e. The zero-order valence-electron chi connectivity index (χ0n) is 11.3. The quantitative estimate of drug-likeness (QED) is 0.517. The molecule has 1 aromatic rings. The van der Waals surface area contributed by atoms with Gasteiger partial charge >= 0.3 is 0 Å². The van der Waals surface area contributed by atoms with Crippen molar-refractivity contribution in [3.8, 4) is 0 Å². The molecule has 0 amide bonds. The minimum atomic E-state index is -0.412. The van der Waals surface area contributed by atoms with Gasteiger partial charge < -0.3 is 5.73 Å². The molecule has 104 valence electrons. The number of rotatable bonds is 3. The van der Waals surface area contributed by atoms with Crippen LogP contribution in [0.3, 0.4) is 0 Å². The average Bonchev–Trinajstić information content (AvgIpc) is 2.57. The summed E-state index contributed by atoms with van der Waals surface area (Å²) >= 11 is 0.